The molecule has 0 radical (unpaired) electrons. The van der Waals surface area contributed by atoms with Gasteiger partial charge in [0, 0.05) is 19.8 Å². The Kier molecular flexibility index (Phi) is 4.11. The summed E-state index contributed by atoms with van der Waals surface area (Å²) >= 11 is 5.46. The fourth-order valence-electron chi connectivity index (χ4n) is 1.27. The standard InChI is InChI=1S/C12H8BrIN2O/c13-9-4-5-11(15-7-9)16-12(17)8-2-1-3-10(14)6-8/h1-7H,(H,15,16,17). The summed E-state index contributed by atoms with van der Waals surface area (Å²) in [5.74, 6) is 0.385. The zero-order valence-electron chi connectivity index (χ0n) is 8.65. The normalized spacial score (nSPS) is 10.0. The molecule has 3 nitrogen and oxygen atoms in total. The average Bonchev–Trinajstić information content (AvgIpc) is 2.32. The van der Waals surface area contributed by atoms with E-state index in [0.717, 1.165) is 8.04 Å². The van der Waals surface area contributed by atoms with Gasteiger partial charge in [-0.15, -0.1) is 0 Å². The molecule has 1 N–H and O–H groups in total. The molecule has 86 valence electrons. The second-order valence-corrected chi connectivity index (χ2v) is 5.49. The highest BCUT2D eigenvalue weighted by molar-refractivity contribution is 14.1. The maximum absolute atomic E-state index is 11.9. The van der Waals surface area contributed by atoms with Crippen molar-refractivity contribution >= 4 is 50.2 Å². The summed E-state index contributed by atoms with van der Waals surface area (Å²) in [4.78, 5) is 16.0. The molecule has 2 rings (SSSR count). The number of nitrogens with one attached hydrogen (secondary N) is 1. The van der Waals surface area contributed by atoms with Crippen LogP contribution in [0.1, 0.15) is 10.4 Å². The van der Waals surface area contributed by atoms with Crippen molar-refractivity contribution in [3.05, 3.63) is 56.2 Å². The first-order valence-electron chi connectivity index (χ1n) is 4.83. The van der Waals surface area contributed by atoms with Crippen molar-refractivity contribution in [1.29, 1.82) is 0 Å². The van der Waals surface area contributed by atoms with Crippen LogP contribution in [0.15, 0.2) is 47.1 Å². The van der Waals surface area contributed by atoms with E-state index in [1.165, 1.54) is 0 Å². The summed E-state index contributed by atoms with van der Waals surface area (Å²) in [7, 11) is 0. The summed E-state index contributed by atoms with van der Waals surface area (Å²) in [5, 5.41) is 2.74. The van der Waals surface area contributed by atoms with Crippen molar-refractivity contribution in [2.24, 2.45) is 0 Å². The van der Waals surface area contributed by atoms with E-state index in [9.17, 15) is 4.79 Å². The minimum Gasteiger partial charge on any atom is -0.307 e. The molecule has 0 aliphatic carbocycles. The number of carbonyl (C=O) groups is 1. The SMILES string of the molecule is O=C(Nc1ccc(Br)cn1)c1cccc(I)c1. The predicted octanol–water partition coefficient (Wildman–Crippen LogP) is 3.70. The Balaban J connectivity index is 2.14. The third-order valence-corrected chi connectivity index (χ3v) is 3.20. The first kappa shape index (κ1) is 12.5. The van der Waals surface area contributed by atoms with Crippen molar-refractivity contribution in [2.75, 3.05) is 5.32 Å². The number of hydrogen-bond donors (Lipinski definition) is 1. The fraction of sp³-hybridized carbons (Fsp3) is 0. The lowest BCUT2D eigenvalue weighted by Crippen LogP contribution is -2.12. The van der Waals surface area contributed by atoms with Gasteiger partial charge in [0.15, 0.2) is 0 Å². The van der Waals surface area contributed by atoms with Gasteiger partial charge in [0.25, 0.3) is 5.91 Å². The van der Waals surface area contributed by atoms with Crippen LogP contribution < -0.4 is 5.32 Å². The number of anilines is 1. The van der Waals surface area contributed by atoms with Gasteiger partial charge in [-0.2, -0.15) is 0 Å². The second-order valence-electron chi connectivity index (χ2n) is 3.33. The Morgan fingerprint density at radius 3 is 2.76 bits per heavy atom. The zero-order valence-corrected chi connectivity index (χ0v) is 12.4. The molecule has 0 bridgehead atoms. The van der Waals surface area contributed by atoms with Crippen LogP contribution in [0.3, 0.4) is 0 Å². The smallest absolute Gasteiger partial charge is 0.256 e. The quantitative estimate of drug-likeness (QED) is 0.778. The number of aromatic nitrogens is 1. The lowest BCUT2D eigenvalue weighted by molar-refractivity contribution is 0.102. The third kappa shape index (κ3) is 3.50. The van der Waals surface area contributed by atoms with Crippen molar-refractivity contribution in [3.63, 3.8) is 0 Å². The highest BCUT2D eigenvalue weighted by Crippen LogP contribution is 2.13. The highest BCUT2D eigenvalue weighted by Gasteiger charge is 2.06. The van der Waals surface area contributed by atoms with Crippen LogP contribution in [0.5, 0.6) is 0 Å². The van der Waals surface area contributed by atoms with Gasteiger partial charge in [-0.05, 0) is 68.9 Å². The molecule has 1 aromatic heterocycles. The molecule has 0 fully saturated rings. The number of nitrogens with zero attached hydrogens (tertiary/aromatic N) is 1. The predicted molar refractivity (Wildman–Crippen MR) is 79.0 cm³/mol. The molecule has 0 unspecified atom stereocenters. The highest BCUT2D eigenvalue weighted by atomic mass is 127. The first-order chi connectivity index (χ1) is 8.15. The molecule has 17 heavy (non-hydrogen) atoms. The van der Waals surface area contributed by atoms with Crippen molar-refractivity contribution in [1.82, 2.24) is 4.98 Å². The molecule has 0 atom stereocenters. The summed E-state index contributed by atoms with van der Waals surface area (Å²) in [6.45, 7) is 0. The number of pyridine rings is 1. The lowest BCUT2D eigenvalue weighted by Gasteiger charge is -2.04. The number of halogens is 2. The Hall–Kier alpha value is -0.950. The van der Waals surface area contributed by atoms with Gasteiger partial charge in [-0.3, -0.25) is 4.79 Å². The Bertz CT molecular complexity index is 542. The van der Waals surface area contributed by atoms with Crippen molar-refractivity contribution in [3.8, 4) is 0 Å². The van der Waals surface area contributed by atoms with Gasteiger partial charge in [0.2, 0.25) is 0 Å². The molecule has 0 saturated heterocycles. The molecule has 1 heterocycles. The number of benzene rings is 1. The summed E-state index contributed by atoms with van der Waals surface area (Å²) in [5.41, 5.74) is 0.626. The molecule has 0 spiro atoms. The van der Waals surface area contributed by atoms with Crippen LogP contribution in [0.4, 0.5) is 5.82 Å². The van der Waals surface area contributed by atoms with E-state index < -0.39 is 0 Å². The van der Waals surface area contributed by atoms with Crippen molar-refractivity contribution in [2.45, 2.75) is 0 Å². The van der Waals surface area contributed by atoms with Crippen LogP contribution >= 0.6 is 38.5 Å². The topological polar surface area (TPSA) is 42.0 Å². The van der Waals surface area contributed by atoms with E-state index in [1.54, 1.807) is 18.3 Å². The van der Waals surface area contributed by atoms with E-state index in [-0.39, 0.29) is 5.91 Å². The molecular weight excluding hydrogens is 395 g/mol. The van der Waals surface area contributed by atoms with Crippen LogP contribution in [0.25, 0.3) is 0 Å². The maximum Gasteiger partial charge on any atom is 0.256 e. The average molecular weight is 403 g/mol. The van der Waals surface area contributed by atoms with Crippen LogP contribution in [-0.4, -0.2) is 10.9 Å². The monoisotopic (exact) mass is 402 g/mol. The maximum atomic E-state index is 11.9. The fourth-order valence-corrected chi connectivity index (χ4v) is 2.05. The van der Waals surface area contributed by atoms with E-state index in [2.05, 4.69) is 48.8 Å². The number of hydrogen-bond acceptors (Lipinski definition) is 2. The lowest BCUT2D eigenvalue weighted by atomic mass is 10.2. The minimum absolute atomic E-state index is 0.154. The summed E-state index contributed by atoms with van der Waals surface area (Å²) < 4.78 is 1.91. The third-order valence-electron chi connectivity index (χ3n) is 2.06. The van der Waals surface area contributed by atoms with E-state index in [0.29, 0.717) is 11.4 Å². The van der Waals surface area contributed by atoms with Crippen LogP contribution in [0, 0.1) is 3.57 Å². The molecule has 1 amide bonds. The van der Waals surface area contributed by atoms with Gasteiger partial charge < -0.3 is 5.32 Å². The van der Waals surface area contributed by atoms with Gasteiger partial charge in [-0.1, -0.05) is 6.07 Å². The summed E-state index contributed by atoms with van der Waals surface area (Å²) in [6, 6.07) is 11.0. The molecule has 0 aliphatic heterocycles. The minimum atomic E-state index is -0.154. The largest absolute Gasteiger partial charge is 0.307 e. The molecule has 0 aliphatic rings. The molecule has 0 saturated carbocycles. The Morgan fingerprint density at radius 1 is 1.29 bits per heavy atom. The Labute approximate surface area is 121 Å². The van der Waals surface area contributed by atoms with Crippen molar-refractivity contribution < 1.29 is 4.79 Å². The van der Waals surface area contributed by atoms with Gasteiger partial charge >= 0.3 is 0 Å². The van der Waals surface area contributed by atoms with Gasteiger partial charge in [0.05, 0.1) is 0 Å². The van der Waals surface area contributed by atoms with Crippen LogP contribution in [0.2, 0.25) is 0 Å². The molecular formula is C12H8BrIN2O. The van der Waals surface area contributed by atoms with Gasteiger partial charge in [-0.25, -0.2) is 4.98 Å². The number of rotatable bonds is 2. The number of carbonyl (C=O) groups excluding carboxylic acids is 1. The molecule has 2 aromatic rings. The first-order valence-corrected chi connectivity index (χ1v) is 6.71. The van der Waals surface area contributed by atoms with Gasteiger partial charge in [0.1, 0.15) is 5.82 Å². The molecule has 1 aromatic carbocycles. The zero-order chi connectivity index (χ0) is 12.3. The van der Waals surface area contributed by atoms with E-state index in [1.807, 2.05) is 24.3 Å². The van der Waals surface area contributed by atoms with E-state index >= 15 is 0 Å². The van der Waals surface area contributed by atoms with E-state index in [4.69, 9.17) is 0 Å². The van der Waals surface area contributed by atoms with Crippen LogP contribution in [-0.2, 0) is 0 Å². The number of amides is 1. The molecule has 5 heteroatoms. The summed E-state index contributed by atoms with van der Waals surface area (Å²) in [6.07, 6.45) is 1.64. The Morgan fingerprint density at radius 2 is 2.12 bits per heavy atom. The second kappa shape index (κ2) is 5.59.